The second-order valence-corrected chi connectivity index (χ2v) is 7.53. The van der Waals surface area contributed by atoms with Crippen LogP contribution in [-0.2, 0) is 24.3 Å². The summed E-state index contributed by atoms with van der Waals surface area (Å²) in [7, 11) is 0. The average molecular weight is 449 g/mol. The summed E-state index contributed by atoms with van der Waals surface area (Å²) in [5, 5.41) is 4.29. The van der Waals surface area contributed by atoms with Crippen molar-refractivity contribution in [2.75, 3.05) is 6.54 Å². The molecule has 4 rings (SSSR count). The summed E-state index contributed by atoms with van der Waals surface area (Å²) in [6.07, 6.45) is -0.127. The molecule has 0 fully saturated rings. The van der Waals surface area contributed by atoms with E-state index < -0.39 is 23.4 Å². The van der Waals surface area contributed by atoms with Crippen molar-refractivity contribution in [1.29, 1.82) is 0 Å². The number of carbonyl (C=O) groups is 2. The topological polar surface area (TPSA) is 81.2 Å². The third kappa shape index (κ3) is 4.00. The highest BCUT2D eigenvalue weighted by Crippen LogP contribution is 2.30. The number of hydrogen-bond acceptors (Lipinski definition) is 3. The van der Waals surface area contributed by atoms with Gasteiger partial charge in [-0.15, -0.1) is 0 Å². The zero-order valence-electron chi connectivity index (χ0n) is 16.0. The lowest BCUT2D eigenvalue weighted by atomic mass is 10.0. The number of carbonyl (C=O) groups excluding carboxylic acids is 2. The predicted molar refractivity (Wildman–Crippen MR) is 107 cm³/mol. The van der Waals surface area contributed by atoms with Gasteiger partial charge in [0.05, 0.1) is 35.8 Å². The molecule has 6 nitrogen and oxygen atoms in total. The van der Waals surface area contributed by atoms with E-state index in [0.29, 0.717) is 29.9 Å². The molecule has 0 aliphatic carbocycles. The fraction of sp³-hybridized carbons (Fsp3) is 0.190. The molecule has 1 aliphatic rings. The zero-order valence-corrected chi connectivity index (χ0v) is 16.8. The Kier molecular flexibility index (Phi) is 5.45. The second-order valence-electron chi connectivity index (χ2n) is 7.13. The second kappa shape index (κ2) is 8.07. The van der Waals surface area contributed by atoms with Crippen molar-refractivity contribution in [2.45, 2.75) is 19.5 Å². The van der Waals surface area contributed by atoms with Gasteiger partial charge in [0.25, 0.3) is 5.91 Å². The van der Waals surface area contributed by atoms with Crippen LogP contribution in [0.1, 0.15) is 21.6 Å². The standard InChI is InChI=1S/C21H16ClF3N4O2/c22-13-9-12(2-4-14(13)23)20-19(21(26)31)17-10-28(5-6-29(17)27-20)18(30)8-11-1-3-15(24)16(25)7-11/h1-4,7,9H,5-6,8,10H2,(H2,26,31). The summed E-state index contributed by atoms with van der Waals surface area (Å²) >= 11 is 5.86. The molecule has 160 valence electrons. The van der Waals surface area contributed by atoms with Crippen LogP contribution in [-0.4, -0.2) is 33.0 Å². The summed E-state index contributed by atoms with van der Waals surface area (Å²) in [4.78, 5) is 26.4. The van der Waals surface area contributed by atoms with Crippen LogP contribution in [0.3, 0.4) is 0 Å². The van der Waals surface area contributed by atoms with Crippen molar-refractivity contribution in [3.8, 4) is 11.3 Å². The first-order chi connectivity index (χ1) is 14.7. The van der Waals surface area contributed by atoms with Crippen molar-refractivity contribution >= 4 is 23.4 Å². The Morgan fingerprint density at radius 1 is 1.03 bits per heavy atom. The Balaban J connectivity index is 1.63. The van der Waals surface area contributed by atoms with Gasteiger partial charge in [-0.3, -0.25) is 14.3 Å². The minimum Gasteiger partial charge on any atom is -0.365 e. The van der Waals surface area contributed by atoms with Crippen LogP contribution in [0.5, 0.6) is 0 Å². The van der Waals surface area contributed by atoms with E-state index in [1.807, 2.05) is 0 Å². The molecule has 2 N–H and O–H groups in total. The SMILES string of the molecule is NC(=O)c1c(-c2ccc(F)c(Cl)c2)nn2c1CN(C(=O)Cc1ccc(F)c(F)c1)CC2. The lowest BCUT2D eigenvalue weighted by molar-refractivity contribution is -0.132. The minimum absolute atomic E-state index is 0.0582. The monoisotopic (exact) mass is 448 g/mol. The van der Waals surface area contributed by atoms with Gasteiger partial charge in [0.15, 0.2) is 11.6 Å². The van der Waals surface area contributed by atoms with Crippen LogP contribution < -0.4 is 5.73 Å². The largest absolute Gasteiger partial charge is 0.365 e. The van der Waals surface area contributed by atoms with Crippen LogP contribution in [0.15, 0.2) is 36.4 Å². The van der Waals surface area contributed by atoms with E-state index in [-0.39, 0.29) is 35.2 Å². The van der Waals surface area contributed by atoms with Crippen LogP contribution in [0.25, 0.3) is 11.3 Å². The van der Waals surface area contributed by atoms with Crippen LogP contribution >= 0.6 is 11.6 Å². The van der Waals surface area contributed by atoms with Gasteiger partial charge in [-0.25, -0.2) is 13.2 Å². The van der Waals surface area contributed by atoms with Gasteiger partial charge in [0.1, 0.15) is 11.5 Å². The number of aromatic nitrogens is 2. The number of amides is 2. The van der Waals surface area contributed by atoms with E-state index >= 15 is 0 Å². The Bertz CT molecular complexity index is 1210. The lowest BCUT2D eigenvalue weighted by Gasteiger charge is -2.28. The van der Waals surface area contributed by atoms with E-state index in [2.05, 4.69) is 5.10 Å². The Labute approximate surface area is 180 Å². The van der Waals surface area contributed by atoms with Crippen molar-refractivity contribution in [3.05, 3.63) is 75.7 Å². The summed E-state index contributed by atoms with van der Waals surface area (Å²) in [6, 6.07) is 7.24. The Hall–Kier alpha value is -3.33. The summed E-state index contributed by atoms with van der Waals surface area (Å²) in [5.41, 5.74) is 7.14. The number of halogens is 4. The van der Waals surface area contributed by atoms with Crippen LogP contribution in [0.4, 0.5) is 13.2 Å². The molecule has 0 unspecified atom stereocenters. The quantitative estimate of drug-likeness (QED) is 0.665. The van der Waals surface area contributed by atoms with E-state index in [9.17, 15) is 22.8 Å². The highest BCUT2D eigenvalue weighted by molar-refractivity contribution is 6.31. The number of fused-ring (bicyclic) bond motifs is 1. The summed E-state index contributed by atoms with van der Waals surface area (Å²) < 4.78 is 41.7. The van der Waals surface area contributed by atoms with Crippen molar-refractivity contribution in [2.24, 2.45) is 5.73 Å². The molecule has 0 radical (unpaired) electrons. The molecule has 10 heteroatoms. The molecule has 1 aromatic heterocycles. The molecular formula is C21H16ClF3N4O2. The van der Waals surface area contributed by atoms with Gasteiger partial charge >= 0.3 is 0 Å². The smallest absolute Gasteiger partial charge is 0.252 e. The lowest BCUT2D eigenvalue weighted by Crippen LogP contribution is -2.40. The minimum atomic E-state index is -1.03. The predicted octanol–water partition coefficient (Wildman–Crippen LogP) is 3.30. The Morgan fingerprint density at radius 3 is 2.45 bits per heavy atom. The molecule has 0 spiro atoms. The third-order valence-corrected chi connectivity index (χ3v) is 5.40. The molecule has 2 amide bonds. The van der Waals surface area contributed by atoms with Gasteiger partial charge in [-0.05, 0) is 35.9 Å². The van der Waals surface area contributed by atoms with Crippen LogP contribution in [0, 0.1) is 17.5 Å². The maximum absolute atomic E-state index is 13.5. The molecule has 1 aliphatic heterocycles. The summed E-state index contributed by atoms with van der Waals surface area (Å²) in [5.74, 6) is -3.69. The van der Waals surface area contributed by atoms with Gasteiger partial charge < -0.3 is 10.6 Å². The van der Waals surface area contributed by atoms with Gasteiger partial charge in [-0.1, -0.05) is 17.7 Å². The van der Waals surface area contributed by atoms with Gasteiger partial charge in [-0.2, -0.15) is 5.10 Å². The Morgan fingerprint density at radius 2 is 1.77 bits per heavy atom. The normalized spacial score (nSPS) is 13.2. The number of benzene rings is 2. The van der Waals surface area contributed by atoms with Crippen molar-refractivity contribution in [1.82, 2.24) is 14.7 Å². The first-order valence-corrected chi connectivity index (χ1v) is 9.69. The summed E-state index contributed by atoms with van der Waals surface area (Å²) in [6.45, 7) is 0.662. The molecule has 3 aromatic rings. The molecule has 31 heavy (non-hydrogen) atoms. The maximum Gasteiger partial charge on any atom is 0.252 e. The molecule has 2 aromatic carbocycles. The fourth-order valence-electron chi connectivity index (χ4n) is 3.57. The number of hydrogen-bond donors (Lipinski definition) is 1. The van der Waals surface area contributed by atoms with E-state index in [1.165, 1.54) is 29.2 Å². The molecule has 0 bridgehead atoms. The van der Waals surface area contributed by atoms with E-state index in [0.717, 1.165) is 12.1 Å². The zero-order chi connectivity index (χ0) is 22.3. The maximum atomic E-state index is 13.5. The molecule has 0 atom stereocenters. The van der Waals surface area contributed by atoms with E-state index in [1.54, 1.807) is 4.68 Å². The van der Waals surface area contributed by atoms with Crippen molar-refractivity contribution < 1.29 is 22.8 Å². The molecule has 2 heterocycles. The third-order valence-electron chi connectivity index (χ3n) is 5.11. The first-order valence-electron chi connectivity index (χ1n) is 9.31. The van der Waals surface area contributed by atoms with E-state index in [4.69, 9.17) is 17.3 Å². The van der Waals surface area contributed by atoms with Crippen LogP contribution in [0.2, 0.25) is 5.02 Å². The van der Waals surface area contributed by atoms with Gasteiger partial charge in [0, 0.05) is 12.1 Å². The average Bonchev–Trinajstić information content (AvgIpc) is 3.11. The highest BCUT2D eigenvalue weighted by atomic mass is 35.5. The molecule has 0 saturated carbocycles. The number of rotatable bonds is 4. The van der Waals surface area contributed by atoms with Crippen molar-refractivity contribution in [3.63, 3.8) is 0 Å². The number of nitrogens with zero attached hydrogens (tertiary/aromatic N) is 3. The first kappa shape index (κ1) is 20.9. The molecular weight excluding hydrogens is 433 g/mol. The van der Waals surface area contributed by atoms with Gasteiger partial charge in [0.2, 0.25) is 5.91 Å². The number of nitrogens with two attached hydrogens (primary N) is 1. The molecule has 0 saturated heterocycles. The highest BCUT2D eigenvalue weighted by Gasteiger charge is 2.29. The number of primary amides is 1. The fourth-order valence-corrected chi connectivity index (χ4v) is 3.75.